The van der Waals surface area contributed by atoms with Crippen molar-refractivity contribution in [2.75, 3.05) is 6.54 Å². The van der Waals surface area contributed by atoms with Crippen LogP contribution in [0, 0.1) is 12.7 Å². The zero-order chi connectivity index (χ0) is 14.0. The van der Waals surface area contributed by atoms with Gasteiger partial charge in [0.25, 0.3) is 0 Å². The molecule has 0 spiro atoms. The van der Waals surface area contributed by atoms with E-state index in [0.717, 1.165) is 24.9 Å². The Morgan fingerprint density at radius 3 is 2.84 bits per heavy atom. The van der Waals surface area contributed by atoms with Crippen LogP contribution in [0.2, 0.25) is 0 Å². The SMILES string of the molecule is Cc1ccc(CN2CCCCC2(C)C(=O)O)cc1F. The molecule has 3 nitrogen and oxygen atoms in total. The highest BCUT2D eigenvalue weighted by molar-refractivity contribution is 5.78. The third kappa shape index (κ3) is 2.78. The Bertz CT molecular complexity index is 489. The molecule has 1 saturated heterocycles. The fraction of sp³-hybridized carbons (Fsp3) is 0.533. The van der Waals surface area contributed by atoms with Crippen molar-refractivity contribution >= 4 is 5.97 Å². The molecule has 2 rings (SSSR count). The highest BCUT2D eigenvalue weighted by Gasteiger charge is 2.41. The molecule has 0 radical (unpaired) electrons. The summed E-state index contributed by atoms with van der Waals surface area (Å²) in [5, 5.41) is 9.43. The molecule has 19 heavy (non-hydrogen) atoms. The van der Waals surface area contributed by atoms with E-state index in [-0.39, 0.29) is 5.82 Å². The first kappa shape index (κ1) is 14.0. The van der Waals surface area contributed by atoms with Gasteiger partial charge in [0.05, 0.1) is 0 Å². The predicted octanol–water partition coefficient (Wildman–Crippen LogP) is 2.96. The van der Waals surface area contributed by atoms with E-state index in [1.807, 2.05) is 11.0 Å². The summed E-state index contributed by atoms with van der Waals surface area (Å²) in [7, 11) is 0. The van der Waals surface area contributed by atoms with Gasteiger partial charge in [-0.15, -0.1) is 0 Å². The number of piperidine rings is 1. The molecule has 1 aliphatic rings. The second-order valence-electron chi connectivity index (χ2n) is 5.54. The van der Waals surface area contributed by atoms with E-state index in [2.05, 4.69) is 0 Å². The largest absolute Gasteiger partial charge is 0.480 e. The smallest absolute Gasteiger partial charge is 0.323 e. The molecule has 1 unspecified atom stereocenters. The maximum atomic E-state index is 13.5. The minimum absolute atomic E-state index is 0.230. The van der Waals surface area contributed by atoms with Crippen LogP contribution in [0.15, 0.2) is 18.2 Å². The van der Waals surface area contributed by atoms with Crippen molar-refractivity contribution in [2.45, 2.75) is 45.2 Å². The number of halogens is 1. The highest BCUT2D eigenvalue weighted by Crippen LogP contribution is 2.30. The van der Waals surface area contributed by atoms with Crippen LogP contribution in [0.5, 0.6) is 0 Å². The molecule has 0 aliphatic carbocycles. The molecule has 104 valence electrons. The van der Waals surface area contributed by atoms with E-state index in [1.54, 1.807) is 19.9 Å². The number of hydrogen-bond donors (Lipinski definition) is 1. The van der Waals surface area contributed by atoms with Crippen molar-refractivity contribution in [3.8, 4) is 0 Å². The lowest BCUT2D eigenvalue weighted by molar-refractivity contribution is -0.153. The zero-order valence-corrected chi connectivity index (χ0v) is 11.4. The Labute approximate surface area is 113 Å². The van der Waals surface area contributed by atoms with Crippen LogP contribution in [0.3, 0.4) is 0 Å². The van der Waals surface area contributed by atoms with Crippen molar-refractivity contribution in [1.82, 2.24) is 4.90 Å². The van der Waals surface area contributed by atoms with Crippen molar-refractivity contribution in [1.29, 1.82) is 0 Å². The summed E-state index contributed by atoms with van der Waals surface area (Å²) < 4.78 is 13.5. The number of carbonyl (C=O) groups is 1. The van der Waals surface area contributed by atoms with Gasteiger partial charge in [0.15, 0.2) is 0 Å². The van der Waals surface area contributed by atoms with Crippen LogP contribution in [-0.4, -0.2) is 28.1 Å². The summed E-state index contributed by atoms with van der Waals surface area (Å²) in [6, 6.07) is 5.12. The Balaban J connectivity index is 2.20. The number of nitrogens with zero attached hydrogens (tertiary/aromatic N) is 1. The summed E-state index contributed by atoms with van der Waals surface area (Å²) in [5.74, 6) is -1.02. The zero-order valence-electron chi connectivity index (χ0n) is 11.4. The number of aliphatic carboxylic acids is 1. The molecule has 1 fully saturated rings. The molecule has 1 atom stereocenters. The fourth-order valence-electron chi connectivity index (χ4n) is 2.63. The molecule has 1 heterocycles. The fourth-order valence-corrected chi connectivity index (χ4v) is 2.63. The van der Waals surface area contributed by atoms with E-state index in [9.17, 15) is 14.3 Å². The quantitative estimate of drug-likeness (QED) is 0.913. The van der Waals surface area contributed by atoms with Gasteiger partial charge in [-0.1, -0.05) is 12.1 Å². The summed E-state index contributed by atoms with van der Waals surface area (Å²) >= 11 is 0. The average molecular weight is 265 g/mol. The monoisotopic (exact) mass is 265 g/mol. The van der Waals surface area contributed by atoms with Gasteiger partial charge in [-0.05, 0) is 56.8 Å². The van der Waals surface area contributed by atoms with Crippen molar-refractivity contribution in [2.24, 2.45) is 0 Å². The maximum absolute atomic E-state index is 13.5. The van der Waals surface area contributed by atoms with Gasteiger partial charge < -0.3 is 5.11 Å². The minimum Gasteiger partial charge on any atom is -0.480 e. The van der Waals surface area contributed by atoms with Gasteiger partial charge in [-0.25, -0.2) is 4.39 Å². The highest BCUT2D eigenvalue weighted by atomic mass is 19.1. The summed E-state index contributed by atoms with van der Waals surface area (Å²) in [5.41, 5.74) is 0.612. The molecule has 0 amide bonds. The standard InChI is InChI=1S/C15H20FNO2/c1-11-5-6-12(9-13(11)16)10-17-8-4-3-7-15(17,2)14(18)19/h5-6,9H,3-4,7-8,10H2,1-2H3,(H,18,19). The lowest BCUT2D eigenvalue weighted by Gasteiger charge is -2.41. The van der Waals surface area contributed by atoms with E-state index >= 15 is 0 Å². The topological polar surface area (TPSA) is 40.5 Å². The number of carboxylic acids is 1. The molecule has 0 saturated carbocycles. The van der Waals surface area contributed by atoms with Crippen molar-refractivity contribution in [3.63, 3.8) is 0 Å². The Hall–Kier alpha value is -1.42. The first-order chi connectivity index (χ1) is 8.93. The average Bonchev–Trinajstić information content (AvgIpc) is 2.36. The Kier molecular flexibility index (Phi) is 3.90. The third-order valence-corrected chi connectivity index (χ3v) is 4.11. The maximum Gasteiger partial charge on any atom is 0.323 e. The van der Waals surface area contributed by atoms with Gasteiger partial charge in [0, 0.05) is 6.54 Å². The summed E-state index contributed by atoms with van der Waals surface area (Å²) in [6.07, 6.45) is 2.58. The van der Waals surface area contributed by atoms with Crippen LogP contribution < -0.4 is 0 Å². The second-order valence-corrected chi connectivity index (χ2v) is 5.54. The molecule has 1 N–H and O–H groups in total. The molecule has 0 aromatic heterocycles. The summed E-state index contributed by atoms with van der Waals surface area (Å²) in [4.78, 5) is 13.4. The van der Waals surface area contributed by atoms with Crippen LogP contribution >= 0.6 is 0 Å². The molecule has 0 bridgehead atoms. The number of likely N-dealkylation sites (tertiary alicyclic amines) is 1. The summed E-state index contributed by atoms with van der Waals surface area (Å²) in [6.45, 7) is 4.72. The molecule has 1 aromatic carbocycles. The minimum atomic E-state index is -0.834. The van der Waals surface area contributed by atoms with Crippen molar-refractivity contribution < 1.29 is 14.3 Å². The van der Waals surface area contributed by atoms with Crippen LogP contribution in [0.1, 0.15) is 37.3 Å². The van der Waals surface area contributed by atoms with E-state index in [1.165, 1.54) is 6.07 Å². The van der Waals surface area contributed by atoms with Gasteiger partial charge >= 0.3 is 5.97 Å². The molecule has 1 aliphatic heterocycles. The molecular weight excluding hydrogens is 245 g/mol. The van der Waals surface area contributed by atoms with Crippen molar-refractivity contribution in [3.05, 3.63) is 35.1 Å². The first-order valence-electron chi connectivity index (χ1n) is 6.67. The number of rotatable bonds is 3. The number of aryl methyl sites for hydroxylation is 1. The predicted molar refractivity (Wildman–Crippen MR) is 71.4 cm³/mol. The third-order valence-electron chi connectivity index (χ3n) is 4.11. The van der Waals surface area contributed by atoms with Crippen LogP contribution in [0.25, 0.3) is 0 Å². The van der Waals surface area contributed by atoms with E-state index in [0.29, 0.717) is 18.5 Å². The number of hydrogen-bond acceptors (Lipinski definition) is 2. The lowest BCUT2D eigenvalue weighted by atomic mass is 9.88. The van der Waals surface area contributed by atoms with E-state index < -0.39 is 11.5 Å². The normalized spacial score (nSPS) is 24.4. The molecular formula is C15H20FNO2. The molecule has 4 heteroatoms. The van der Waals surface area contributed by atoms with Gasteiger partial charge in [0.2, 0.25) is 0 Å². The lowest BCUT2D eigenvalue weighted by Crippen LogP contribution is -2.54. The van der Waals surface area contributed by atoms with Gasteiger partial charge in [-0.3, -0.25) is 9.69 Å². The van der Waals surface area contributed by atoms with E-state index in [4.69, 9.17) is 0 Å². The number of carboxylic acid groups (broad SMARTS) is 1. The van der Waals surface area contributed by atoms with Gasteiger partial charge in [0.1, 0.15) is 11.4 Å². The second kappa shape index (κ2) is 5.29. The Morgan fingerprint density at radius 1 is 1.47 bits per heavy atom. The van der Waals surface area contributed by atoms with Crippen LogP contribution in [0.4, 0.5) is 4.39 Å². The molecule has 1 aromatic rings. The number of benzene rings is 1. The first-order valence-corrected chi connectivity index (χ1v) is 6.67. The van der Waals surface area contributed by atoms with Crippen LogP contribution in [-0.2, 0) is 11.3 Å². The van der Waals surface area contributed by atoms with Gasteiger partial charge in [-0.2, -0.15) is 0 Å². The Morgan fingerprint density at radius 2 is 2.21 bits per heavy atom.